The van der Waals surface area contributed by atoms with Crippen molar-refractivity contribution in [3.8, 4) is 0 Å². The van der Waals surface area contributed by atoms with Crippen molar-refractivity contribution in [3.05, 3.63) is 36.5 Å². The first-order valence-corrected chi connectivity index (χ1v) is 6.96. The van der Waals surface area contributed by atoms with E-state index >= 15 is 0 Å². The van der Waals surface area contributed by atoms with Crippen LogP contribution in [0.5, 0.6) is 0 Å². The van der Waals surface area contributed by atoms with Crippen LogP contribution >= 0.6 is 45.3 Å². The molecule has 0 saturated heterocycles. The lowest BCUT2D eigenvalue weighted by atomic mass is 10.1. The van der Waals surface area contributed by atoms with Gasteiger partial charge in [0.05, 0.1) is 8.39 Å². The summed E-state index contributed by atoms with van der Waals surface area (Å²) in [6.07, 6.45) is 2.78. The molecule has 0 bridgehead atoms. The molecule has 0 fully saturated rings. The summed E-state index contributed by atoms with van der Waals surface area (Å²) in [7, 11) is 0. The first-order valence-electron chi connectivity index (χ1n) is 4.12. The van der Waals surface area contributed by atoms with E-state index in [1.165, 1.54) is 13.3 Å². The zero-order chi connectivity index (χ0) is 9.97. The molecule has 0 radical (unpaired) electrons. The summed E-state index contributed by atoms with van der Waals surface area (Å²) in [6, 6.07) is 2.26. The molecule has 74 valence electrons. The topological polar surface area (TPSA) is 38.9 Å². The second-order valence-corrected chi connectivity index (χ2v) is 6.74. The molecule has 0 aliphatic heterocycles. The third-order valence-electron chi connectivity index (χ3n) is 1.92. The molecule has 0 amide bonds. The lowest BCUT2D eigenvalue weighted by molar-refractivity contribution is 0.732. The van der Waals surface area contributed by atoms with E-state index in [1.54, 1.807) is 22.7 Å². The van der Waals surface area contributed by atoms with Crippen LogP contribution in [0.2, 0.25) is 0 Å². The molecule has 2 N–H and O–H groups in total. The van der Waals surface area contributed by atoms with Crippen molar-refractivity contribution in [1.82, 2.24) is 4.98 Å². The fourth-order valence-corrected chi connectivity index (χ4v) is 3.29. The number of thiophene rings is 1. The van der Waals surface area contributed by atoms with E-state index in [1.807, 2.05) is 11.7 Å². The number of rotatable bonds is 3. The van der Waals surface area contributed by atoms with Crippen LogP contribution in [-0.4, -0.2) is 4.98 Å². The van der Waals surface area contributed by atoms with Crippen molar-refractivity contribution >= 4 is 45.3 Å². The van der Waals surface area contributed by atoms with Crippen LogP contribution in [-0.2, 0) is 6.42 Å². The number of halogens is 1. The van der Waals surface area contributed by atoms with Crippen LogP contribution in [0.1, 0.15) is 16.5 Å². The van der Waals surface area contributed by atoms with Gasteiger partial charge in [0.15, 0.2) is 0 Å². The molecular formula is C9H9IN2S2. The number of hydrogen-bond donors (Lipinski definition) is 1. The van der Waals surface area contributed by atoms with Crippen molar-refractivity contribution in [2.24, 2.45) is 5.73 Å². The minimum atomic E-state index is 0.107. The maximum Gasteiger partial charge on any atom is 0.0794 e. The van der Waals surface area contributed by atoms with Gasteiger partial charge in [-0.05, 0) is 39.6 Å². The SMILES string of the molecule is NC(Cc1cncs1)c1csc(I)c1. The largest absolute Gasteiger partial charge is 0.324 e. The molecule has 14 heavy (non-hydrogen) atoms. The Labute approximate surface area is 104 Å². The zero-order valence-corrected chi connectivity index (χ0v) is 11.1. The predicted molar refractivity (Wildman–Crippen MR) is 69.8 cm³/mol. The Morgan fingerprint density at radius 3 is 2.93 bits per heavy atom. The van der Waals surface area contributed by atoms with Crippen LogP contribution in [0, 0.1) is 2.88 Å². The molecule has 0 aromatic carbocycles. The van der Waals surface area contributed by atoms with E-state index in [2.05, 4.69) is 39.0 Å². The van der Waals surface area contributed by atoms with E-state index in [9.17, 15) is 0 Å². The lowest BCUT2D eigenvalue weighted by Crippen LogP contribution is -2.11. The Hall–Kier alpha value is 0.0200. The molecule has 2 heterocycles. The van der Waals surface area contributed by atoms with Gasteiger partial charge in [-0.25, -0.2) is 0 Å². The van der Waals surface area contributed by atoms with E-state index < -0.39 is 0 Å². The number of thiazole rings is 1. The van der Waals surface area contributed by atoms with E-state index in [0.29, 0.717) is 0 Å². The molecule has 0 aliphatic rings. The summed E-state index contributed by atoms with van der Waals surface area (Å²) >= 11 is 5.72. The van der Waals surface area contributed by atoms with Crippen LogP contribution in [0.15, 0.2) is 23.2 Å². The fraction of sp³-hybridized carbons (Fsp3) is 0.222. The van der Waals surface area contributed by atoms with Gasteiger partial charge >= 0.3 is 0 Å². The maximum absolute atomic E-state index is 6.08. The zero-order valence-electron chi connectivity index (χ0n) is 7.31. The molecule has 2 nitrogen and oxygen atoms in total. The van der Waals surface area contributed by atoms with Gasteiger partial charge in [0, 0.05) is 23.5 Å². The highest BCUT2D eigenvalue weighted by molar-refractivity contribution is 14.1. The Morgan fingerprint density at radius 2 is 2.36 bits per heavy atom. The summed E-state index contributed by atoms with van der Waals surface area (Å²) in [5, 5.41) is 2.13. The normalized spacial score (nSPS) is 13.0. The van der Waals surface area contributed by atoms with Crippen LogP contribution in [0.25, 0.3) is 0 Å². The van der Waals surface area contributed by atoms with Crippen molar-refractivity contribution < 1.29 is 0 Å². The minimum Gasteiger partial charge on any atom is -0.324 e. The number of aromatic nitrogens is 1. The van der Waals surface area contributed by atoms with Gasteiger partial charge in [-0.3, -0.25) is 4.98 Å². The van der Waals surface area contributed by atoms with Gasteiger partial charge in [0.1, 0.15) is 0 Å². The van der Waals surface area contributed by atoms with Crippen molar-refractivity contribution in [3.63, 3.8) is 0 Å². The van der Waals surface area contributed by atoms with Crippen LogP contribution < -0.4 is 5.73 Å². The monoisotopic (exact) mass is 336 g/mol. The van der Waals surface area contributed by atoms with Gasteiger partial charge in [-0.15, -0.1) is 22.7 Å². The molecule has 5 heteroatoms. The summed E-state index contributed by atoms with van der Waals surface area (Å²) in [5.74, 6) is 0. The van der Waals surface area contributed by atoms with Crippen molar-refractivity contribution in [1.29, 1.82) is 0 Å². The molecule has 0 aliphatic carbocycles. The van der Waals surface area contributed by atoms with Crippen LogP contribution in [0.3, 0.4) is 0 Å². The summed E-state index contributed by atoms with van der Waals surface area (Å²) in [5.41, 5.74) is 9.16. The maximum atomic E-state index is 6.08. The summed E-state index contributed by atoms with van der Waals surface area (Å²) in [6.45, 7) is 0. The molecule has 2 aromatic heterocycles. The smallest absolute Gasteiger partial charge is 0.0794 e. The standard InChI is InChI=1S/C9H9IN2S2/c10-9-1-6(4-13-9)8(11)2-7-3-12-5-14-7/h1,3-5,8H,2,11H2. The highest BCUT2D eigenvalue weighted by atomic mass is 127. The average Bonchev–Trinajstić information content (AvgIpc) is 2.75. The van der Waals surface area contributed by atoms with Gasteiger partial charge in [-0.2, -0.15) is 0 Å². The molecule has 0 spiro atoms. The van der Waals surface area contributed by atoms with Crippen LogP contribution in [0.4, 0.5) is 0 Å². The van der Waals surface area contributed by atoms with Gasteiger partial charge < -0.3 is 5.73 Å². The van der Waals surface area contributed by atoms with Gasteiger partial charge in [0.25, 0.3) is 0 Å². The number of hydrogen-bond acceptors (Lipinski definition) is 4. The second-order valence-electron chi connectivity index (χ2n) is 2.96. The molecule has 2 rings (SSSR count). The summed E-state index contributed by atoms with van der Waals surface area (Å²) < 4.78 is 1.29. The highest BCUT2D eigenvalue weighted by Crippen LogP contribution is 2.24. The Balaban J connectivity index is 2.06. The Kier molecular flexibility index (Phi) is 3.53. The second kappa shape index (κ2) is 4.69. The van der Waals surface area contributed by atoms with E-state index in [4.69, 9.17) is 5.73 Å². The highest BCUT2D eigenvalue weighted by Gasteiger charge is 2.09. The first kappa shape index (κ1) is 10.5. The van der Waals surface area contributed by atoms with Crippen molar-refractivity contribution in [2.45, 2.75) is 12.5 Å². The quantitative estimate of drug-likeness (QED) is 0.875. The average molecular weight is 336 g/mol. The molecule has 1 atom stereocenters. The lowest BCUT2D eigenvalue weighted by Gasteiger charge is -2.06. The molecular weight excluding hydrogens is 327 g/mol. The first-order chi connectivity index (χ1) is 6.75. The number of nitrogens with zero attached hydrogens (tertiary/aromatic N) is 1. The predicted octanol–water partition coefficient (Wildman–Crippen LogP) is 3.05. The minimum absolute atomic E-state index is 0.107. The summed E-state index contributed by atoms with van der Waals surface area (Å²) in [4.78, 5) is 5.29. The fourth-order valence-electron chi connectivity index (χ4n) is 1.20. The third kappa shape index (κ3) is 2.53. The Morgan fingerprint density at radius 1 is 1.50 bits per heavy atom. The Bertz CT molecular complexity index is 397. The van der Waals surface area contributed by atoms with Gasteiger partial charge in [-0.1, -0.05) is 0 Å². The third-order valence-corrected chi connectivity index (χ3v) is 4.53. The number of nitrogens with two attached hydrogens (primary N) is 1. The van der Waals surface area contributed by atoms with Crippen molar-refractivity contribution in [2.75, 3.05) is 0 Å². The molecule has 0 saturated carbocycles. The van der Waals surface area contributed by atoms with Gasteiger partial charge in [0.2, 0.25) is 0 Å². The van der Waals surface area contributed by atoms with E-state index in [0.717, 1.165) is 6.42 Å². The van der Waals surface area contributed by atoms with E-state index in [-0.39, 0.29) is 6.04 Å². The molecule has 1 unspecified atom stereocenters. The molecule has 2 aromatic rings.